The van der Waals surface area contributed by atoms with Gasteiger partial charge in [-0.3, -0.25) is 4.79 Å². The molecule has 1 heterocycles. The van der Waals surface area contributed by atoms with Gasteiger partial charge in [0.15, 0.2) is 0 Å². The van der Waals surface area contributed by atoms with Gasteiger partial charge >= 0.3 is 6.18 Å². The number of carbonyl (C=O) groups excluding carboxylic acids is 1. The van der Waals surface area contributed by atoms with Crippen LogP contribution in [0.3, 0.4) is 0 Å². The standard InChI is InChI=1S/C19H22F3N3O4S/c1-4-12(2)23-17(26)9-10-30(27,28)18-24-15(11-16(25-18)19(20,21)22)13-5-7-14(29-3)8-6-13/h5-8,11-12H,4,9-10H2,1-3H3,(H,23,26)/t12-/m0/s1. The molecule has 1 aromatic carbocycles. The third kappa shape index (κ3) is 6.15. The molecule has 11 heteroatoms. The van der Waals surface area contributed by atoms with E-state index in [9.17, 15) is 26.4 Å². The highest BCUT2D eigenvalue weighted by molar-refractivity contribution is 7.91. The van der Waals surface area contributed by atoms with E-state index < -0.39 is 44.9 Å². The van der Waals surface area contributed by atoms with E-state index in [1.54, 1.807) is 6.92 Å². The molecule has 1 atom stereocenters. The molecule has 0 radical (unpaired) electrons. The number of benzene rings is 1. The summed E-state index contributed by atoms with van der Waals surface area (Å²) in [5.74, 6) is -0.752. The van der Waals surface area contributed by atoms with Crippen molar-refractivity contribution in [1.82, 2.24) is 15.3 Å². The van der Waals surface area contributed by atoms with Crippen LogP contribution >= 0.6 is 0 Å². The number of hydrogen-bond donors (Lipinski definition) is 1. The van der Waals surface area contributed by atoms with E-state index in [2.05, 4.69) is 15.3 Å². The summed E-state index contributed by atoms with van der Waals surface area (Å²) in [6.45, 7) is 3.60. The lowest BCUT2D eigenvalue weighted by Crippen LogP contribution is -2.33. The number of alkyl halides is 3. The van der Waals surface area contributed by atoms with Gasteiger partial charge in [-0.2, -0.15) is 13.2 Å². The normalized spacial score (nSPS) is 13.0. The lowest BCUT2D eigenvalue weighted by Gasteiger charge is -2.13. The number of halogens is 3. The Morgan fingerprint density at radius 1 is 1.20 bits per heavy atom. The number of amides is 1. The number of aromatic nitrogens is 2. The molecule has 0 aliphatic rings. The van der Waals surface area contributed by atoms with E-state index in [1.165, 1.54) is 31.4 Å². The van der Waals surface area contributed by atoms with Crippen LogP contribution in [0.1, 0.15) is 32.4 Å². The van der Waals surface area contributed by atoms with Crippen molar-refractivity contribution in [3.63, 3.8) is 0 Å². The molecule has 0 bridgehead atoms. The number of sulfone groups is 1. The van der Waals surface area contributed by atoms with Crippen LogP contribution in [0.25, 0.3) is 11.3 Å². The van der Waals surface area contributed by atoms with E-state index in [4.69, 9.17) is 4.74 Å². The zero-order valence-corrected chi connectivity index (χ0v) is 17.5. The summed E-state index contributed by atoms with van der Waals surface area (Å²) in [6, 6.07) is 6.47. The van der Waals surface area contributed by atoms with E-state index in [0.717, 1.165) is 0 Å². The molecular formula is C19H22F3N3O4S. The van der Waals surface area contributed by atoms with Crippen LogP contribution in [-0.4, -0.2) is 43.2 Å². The molecule has 1 amide bonds. The predicted octanol–water partition coefficient (Wildman–Crippen LogP) is 3.25. The van der Waals surface area contributed by atoms with Crippen LogP contribution in [-0.2, 0) is 20.8 Å². The smallest absolute Gasteiger partial charge is 0.433 e. The van der Waals surface area contributed by atoms with Crippen LogP contribution in [0.15, 0.2) is 35.5 Å². The molecule has 1 aromatic heterocycles. The quantitative estimate of drug-likeness (QED) is 0.627. The Morgan fingerprint density at radius 3 is 2.37 bits per heavy atom. The number of ether oxygens (including phenoxy) is 1. The first-order valence-corrected chi connectivity index (χ1v) is 10.7. The summed E-state index contributed by atoms with van der Waals surface area (Å²) in [7, 11) is -2.90. The highest BCUT2D eigenvalue weighted by Gasteiger charge is 2.35. The van der Waals surface area contributed by atoms with Crippen molar-refractivity contribution in [2.24, 2.45) is 0 Å². The van der Waals surface area contributed by atoms with Gasteiger partial charge in [0.1, 0.15) is 11.4 Å². The molecule has 0 spiro atoms. The Bertz CT molecular complexity index is 993. The molecule has 30 heavy (non-hydrogen) atoms. The molecule has 7 nitrogen and oxygen atoms in total. The second-order valence-corrected chi connectivity index (χ2v) is 8.60. The Balaban J connectivity index is 2.39. The molecule has 164 valence electrons. The van der Waals surface area contributed by atoms with Crippen molar-refractivity contribution in [1.29, 1.82) is 0 Å². The minimum Gasteiger partial charge on any atom is -0.497 e. The highest BCUT2D eigenvalue weighted by atomic mass is 32.2. The Labute approximate surface area is 172 Å². The van der Waals surface area contributed by atoms with Gasteiger partial charge in [-0.05, 0) is 43.7 Å². The monoisotopic (exact) mass is 445 g/mol. The third-order valence-corrected chi connectivity index (χ3v) is 5.76. The molecule has 0 saturated heterocycles. The van der Waals surface area contributed by atoms with Crippen molar-refractivity contribution in [2.75, 3.05) is 12.9 Å². The molecule has 0 aliphatic carbocycles. The van der Waals surface area contributed by atoms with E-state index >= 15 is 0 Å². The van der Waals surface area contributed by atoms with E-state index in [0.29, 0.717) is 18.2 Å². The van der Waals surface area contributed by atoms with Gasteiger partial charge in [-0.15, -0.1) is 0 Å². The maximum Gasteiger partial charge on any atom is 0.433 e. The van der Waals surface area contributed by atoms with Crippen LogP contribution in [0.5, 0.6) is 5.75 Å². The fourth-order valence-electron chi connectivity index (χ4n) is 2.39. The summed E-state index contributed by atoms with van der Waals surface area (Å²) >= 11 is 0. The second kappa shape index (κ2) is 9.41. The number of methoxy groups -OCH3 is 1. The van der Waals surface area contributed by atoms with Gasteiger partial charge in [0.25, 0.3) is 0 Å². The number of nitrogens with one attached hydrogen (secondary N) is 1. The number of rotatable bonds is 8. The summed E-state index contributed by atoms with van der Waals surface area (Å²) < 4.78 is 70.0. The van der Waals surface area contributed by atoms with Crippen molar-refractivity contribution in [3.8, 4) is 17.0 Å². The zero-order chi connectivity index (χ0) is 22.5. The maximum atomic E-state index is 13.3. The van der Waals surface area contributed by atoms with Crippen LogP contribution in [0, 0.1) is 0 Å². The lowest BCUT2D eigenvalue weighted by atomic mass is 10.1. The fraction of sp³-hybridized carbons (Fsp3) is 0.421. The molecular weight excluding hydrogens is 423 g/mol. The zero-order valence-electron chi connectivity index (χ0n) is 16.7. The first kappa shape index (κ1) is 23.6. The first-order valence-electron chi connectivity index (χ1n) is 9.09. The van der Waals surface area contributed by atoms with E-state index in [-0.39, 0.29) is 17.3 Å². The fourth-order valence-corrected chi connectivity index (χ4v) is 3.50. The highest BCUT2D eigenvalue weighted by Crippen LogP contribution is 2.31. The van der Waals surface area contributed by atoms with Gasteiger partial charge in [0, 0.05) is 18.0 Å². The Hall–Kier alpha value is -2.69. The summed E-state index contributed by atoms with van der Waals surface area (Å²) in [6.07, 6.45) is -4.63. The number of carbonyl (C=O) groups is 1. The largest absolute Gasteiger partial charge is 0.497 e. The summed E-state index contributed by atoms with van der Waals surface area (Å²) in [5.41, 5.74) is -1.33. The summed E-state index contributed by atoms with van der Waals surface area (Å²) in [5, 5.41) is 1.63. The van der Waals surface area contributed by atoms with Gasteiger partial charge in [-0.25, -0.2) is 18.4 Å². The van der Waals surface area contributed by atoms with Gasteiger partial charge < -0.3 is 10.1 Å². The molecule has 0 fully saturated rings. The van der Waals surface area contributed by atoms with Gasteiger partial charge in [0.05, 0.1) is 18.6 Å². The Kier molecular flexibility index (Phi) is 7.40. The molecule has 1 N–H and O–H groups in total. The molecule has 2 rings (SSSR count). The average molecular weight is 445 g/mol. The third-order valence-electron chi connectivity index (χ3n) is 4.28. The molecule has 0 saturated carbocycles. The first-order chi connectivity index (χ1) is 14.0. The minimum absolute atomic E-state index is 0.147. The van der Waals surface area contributed by atoms with Crippen molar-refractivity contribution in [3.05, 3.63) is 36.0 Å². The SMILES string of the molecule is CC[C@H](C)NC(=O)CCS(=O)(=O)c1nc(-c2ccc(OC)cc2)cc(C(F)(F)F)n1. The molecule has 0 aliphatic heterocycles. The topological polar surface area (TPSA) is 98.2 Å². The van der Waals surface area contributed by atoms with Crippen molar-refractivity contribution in [2.45, 2.75) is 44.1 Å². The van der Waals surface area contributed by atoms with Crippen molar-refractivity contribution < 1.29 is 31.1 Å². The lowest BCUT2D eigenvalue weighted by molar-refractivity contribution is -0.141. The van der Waals surface area contributed by atoms with Crippen LogP contribution < -0.4 is 10.1 Å². The number of hydrogen-bond acceptors (Lipinski definition) is 6. The second-order valence-electron chi connectivity index (χ2n) is 6.59. The van der Waals surface area contributed by atoms with Crippen molar-refractivity contribution >= 4 is 15.7 Å². The van der Waals surface area contributed by atoms with Gasteiger partial charge in [0.2, 0.25) is 20.9 Å². The van der Waals surface area contributed by atoms with Gasteiger partial charge in [-0.1, -0.05) is 6.92 Å². The Morgan fingerprint density at radius 2 is 1.83 bits per heavy atom. The maximum absolute atomic E-state index is 13.3. The molecule has 2 aromatic rings. The van der Waals surface area contributed by atoms with Crippen LogP contribution in [0.4, 0.5) is 13.2 Å². The predicted molar refractivity (Wildman–Crippen MR) is 104 cm³/mol. The minimum atomic E-state index is -4.87. The van der Waals surface area contributed by atoms with Crippen LogP contribution in [0.2, 0.25) is 0 Å². The molecule has 0 unspecified atom stereocenters. The summed E-state index contributed by atoms with van der Waals surface area (Å²) in [4.78, 5) is 18.9. The van der Waals surface area contributed by atoms with E-state index in [1.807, 2.05) is 6.92 Å². The average Bonchev–Trinajstić information content (AvgIpc) is 2.71. The number of nitrogens with zero attached hydrogens (tertiary/aromatic N) is 2.